The fraction of sp³-hybridized carbons (Fsp3) is 0.250. The summed E-state index contributed by atoms with van der Waals surface area (Å²) in [6, 6.07) is 13.7. The van der Waals surface area contributed by atoms with Crippen LogP contribution in [0.25, 0.3) is 0 Å². The SMILES string of the molecule is CNC(CCc1ccccc1)c1ccc(Br)c(Cl)c1F. The maximum Gasteiger partial charge on any atom is 0.147 e. The molecule has 0 saturated carbocycles. The molecule has 0 bridgehead atoms. The minimum Gasteiger partial charge on any atom is -0.313 e. The predicted octanol–water partition coefficient (Wildman–Crippen LogP) is 5.13. The van der Waals surface area contributed by atoms with E-state index in [1.807, 2.05) is 25.2 Å². The van der Waals surface area contributed by atoms with E-state index in [1.165, 1.54) is 5.56 Å². The van der Waals surface area contributed by atoms with Crippen molar-refractivity contribution in [3.63, 3.8) is 0 Å². The second-order valence-electron chi connectivity index (χ2n) is 4.63. The third-order valence-corrected chi connectivity index (χ3v) is 4.61. The monoisotopic (exact) mass is 355 g/mol. The lowest BCUT2D eigenvalue weighted by Crippen LogP contribution is -2.18. The minimum absolute atomic E-state index is 0.0548. The fourth-order valence-electron chi connectivity index (χ4n) is 2.22. The van der Waals surface area contributed by atoms with E-state index in [1.54, 1.807) is 12.1 Å². The Morgan fingerprint density at radius 3 is 2.55 bits per heavy atom. The molecule has 1 N–H and O–H groups in total. The summed E-state index contributed by atoms with van der Waals surface area (Å²) in [6.07, 6.45) is 1.70. The first-order valence-electron chi connectivity index (χ1n) is 6.48. The van der Waals surface area contributed by atoms with Gasteiger partial charge in [0.1, 0.15) is 5.82 Å². The van der Waals surface area contributed by atoms with E-state index in [-0.39, 0.29) is 16.9 Å². The van der Waals surface area contributed by atoms with Crippen LogP contribution in [-0.2, 0) is 6.42 Å². The average Bonchev–Trinajstić information content (AvgIpc) is 2.48. The molecule has 0 amide bonds. The van der Waals surface area contributed by atoms with Gasteiger partial charge < -0.3 is 5.32 Å². The van der Waals surface area contributed by atoms with Crippen molar-refractivity contribution in [3.05, 3.63) is 68.9 Å². The van der Waals surface area contributed by atoms with Gasteiger partial charge in [0.05, 0.1) is 5.02 Å². The molecule has 2 rings (SSSR count). The molecule has 0 saturated heterocycles. The molecule has 4 heteroatoms. The van der Waals surface area contributed by atoms with Gasteiger partial charge in [-0.1, -0.05) is 48.0 Å². The zero-order valence-electron chi connectivity index (χ0n) is 11.2. The molecular formula is C16H16BrClFN. The highest BCUT2D eigenvalue weighted by Gasteiger charge is 2.17. The maximum absolute atomic E-state index is 14.2. The number of hydrogen-bond donors (Lipinski definition) is 1. The molecule has 0 aromatic heterocycles. The maximum atomic E-state index is 14.2. The van der Waals surface area contributed by atoms with Crippen LogP contribution in [0.3, 0.4) is 0 Å². The molecule has 0 aliphatic heterocycles. The van der Waals surface area contributed by atoms with Crippen LogP contribution in [0.4, 0.5) is 4.39 Å². The van der Waals surface area contributed by atoms with Crippen LogP contribution in [0.15, 0.2) is 46.9 Å². The normalized spacial score (nSPS) is 12.4. The summed E-state index contributed by atoms with van der Waals surface area (Å²) in [6.45, 7) is 0. The molecule has 0 heterocycles. The van der Waals surface area contributed by atoms with E-state index in [4.69, 9.17) is 11.6 Å². The number of nitrogens with one attached hydrogen (secondary N) is 1. The van der Waals surface area contributed by atoms with Crippen molar-refractivity contribution in [1.29, 1.82) is 0 Å². The Labute approximate surface area is 132 Å². The van der Waals surface area contributed by atoms with Crippen molar-refractivity contribution in [3.8, 4) is 0 Å². The lowest BCUT2D eigenvalue weighted by Gasteiger charge is -2.18. The minimum atomic E-state index is -0.353. The molecule has 1 unspecified atom stereocenters. The number of aryl methyl sites for hydroxylation is 1. The van der Waals surface area contributed by atoms with Gasteiger partial charge in [0.2, 0.25) is 0 Å². The first-order chi connectivity index (χ1) is 9.63. The lowest BCUT2D eigenvalue weighted by atomic mass is 9.98. The summed E-state index contributed by atoms with van der Waals surface area (Å²) in [5, 5.41) is 3.30. The van der Waals surface area contributed by atoms with Crippen molar-refractivity contribution >= 4 is 27.5 Å². The summed E-state index contributed by atoms with van der Waals surface area (Å²) < 4.78 is 14.8. The van der Waals surface area contributed by atoms with Gasteiger partial charge >= 0.3 is 0 Å². The van der Waals surface area contributed by atoms with E-state index in [9.17, 15) is 4.39 Å². The molecule has 0 spiro atoms. The zero-order valence-corrected chi connectivity index (χ0v) is 13.5. The lowest BCUT2D eigenvalue weighted by molar-refractivity contribution is 0.508. The van der Waals surface area contributed by atoms with Crippen molar-refractivity contribution in [2.45, 2.75) is 18.9 Å². The second-order valence-corrected chi connectivity index (χ2v) is 5.86. The highest BCUT2D eigenvalue weighted by atomic mass is 79.9. The van der Waals surface area contributed by atoms with Crippen LogP contribution in [0.2, 0.25) is 5.02 Å². The van der Waals surface area contributed by atoms with E-state index < -0.39 is 0 Å². The molecule has 2 aromatic rings. The average molecular weight is 357 g/mol. The number of benzene rings is 2. The molecule has 0 radical (unpaired) electrons. The first-order valence-corrected chi connectivity index (χ1v) is 7.65. The summed E-state index contributed by atoms with van der Waals surface area (Å²) in [5.74, 6) is -0.353. The number of halogens is 3. The summed E-state index contributed by atoms with van der Waals surface area (Å²) >= 11 is 9.19. The topological polar surface area (TPSA) is 12.0 Å². The van der Waals surface area contributed by atoms with Crippen molar-refractivity contribution in [2.24, 2.45) is 0 Å². The number of rotatable bonds is 5. The van der Waals surface area contributed by atoms with Crippen LogP contribution >= 0.6 is 27.5 Å². The molecule has 1 atom stereocenters. The van der Waals surface area contributed by atoms with Gasteiger partial charge in [-0.05, 0) is 47.4 Å². The molecule has 20 heavy (non-hydrogen) atoms. The Morgan fingerprint density at radius 1 is 1.20 bits per heavy atom. The van der Waals surface area contributed by atoms with Crippen molar-refractivity contribution in [1.82, 2.24) is 5.32 Å². The zero-order chi connectivity index (χ0) is 14.5. The van der Waals surface area contributed by atoms with E-state index >= 15 is 0 Å². The highest BCUT2D eigenvalue weighted by molar-refractivity contribution is 9.10. The molecule has 106 valence electrons. The van der Waals surface area contributed by atoms with Crippen molar-refractivity contribution in [2.75, 3.05) is 7.05 Å². The molecule has 0 fully saturated rings. The van der Waals surface area contributed by atoms with Crippen LogP contribution in [0.5, 0.6) is 0 Å². The highest BCUT2D eigenvalue weighted by Crippen LogP contribution is 2.31. The van der Waals surface area contributed by atoms with Crippen LogP contribution in [0.1, 0.15) is 23.6 Å². The molecule has 2 aromatic carbocycles. The fourth-order valence-corrected chi connectivity index (χ4v) is 2.70. The van der Waals surface area contributed by atoms with Gasteiger partial charge in [-0.15, -0.1) is 0 Å². The number of hydrogen-bond acceptors (Lipinski definition) is 1. The smallest absolute Gasteiger partial charge is 0.147 e. The molecule has 0 aliphatic carbocycles. The Morgan fingerprint density at radius 2 is 1.90 bits per heavy atom. The molecule has 0 aliphatic rings. The molecular weight excluding hydrogens is 341 g/mol. The standard InChI is InChI=1S/C16H16BrClFN/c1-20-14(10-7-11-5-3-2-4-6-11)12-8-9-13(17)15(18)16(12)19/h2-6,8-9,14,20H,7,10H2,1H3. The van der Waals surface area contributed by atoms with E-state index in [2.05, 4.69) is 33.4 Å². The molecule has 1 nitrogen and oxygen atoms in total. The van der Waals surface area contributed by atoms with Gasteiger partial charge in [-0.2, -0.15) is 0 Å². The van der Waals surface area contributed by atoms with E-state index in [0.717, 1.165) is 12.8 Å². The van der Waals surface area contributed by atoms with Gasteiger partial charge in [-0.3, -0.25) is 0 Å². The quantitative estimate of drug-likeness (QED) is 0.732. The van der Waals surface area contributed by atoms with Crippen molar-refractivity contribution < 1.29 is 4.39 Å². The Bertz CT molecular complexity index is 574. The van der Waals surface area contributed by atoms with Crippen LogP contribution in [0, 0.1) is 5.82 Å². The van der Waals surface area contributed by atoms with Gasteiger partial charge in [0.15, 0.2) is 0 Å². The van der Waals surface area contributed by atoms with Gasteiger partial charge in [0.25, 0.3) is 0 Å². The third-order valence-electron chi connectivity index (χ3n) is 3.35. The summed E-state index contributed by atoms with van der Waals surface area (Å²) in [4.78, 5) is 0. The van der Waals surface area contributed by atoms with Gasteiger partial charge in [-0.25, -0.2) is 4.39 Å². The third kappa shape index (κ3) is 3.60. The van der Waals surface area contributed by atoms with E-state index in [0.29, 0.717) is 10.0 Å². The Kier molecular flexibility index (Phi) is 5.58. The summed E-state index contributed by atoms with van der Waals surface area (Å²) in [7, 11) is 1.84. The largest absolute Gasteiger partial charge is 0.313 e. The Hall–Kier alpha value is -0.900. The van der Waals surface area contributed by atoms with Crippen LogP contribution in [-0.4, -0.2) is 7.05 Å². The predicted molar refractivity (Wildman–Crippen MR) is 85.7 cm³/mol. The summed E-state index contributed by atoms with van der Waals surface area (Å²) in [5.41, 5.74) is 1.85. The Balaban J connectivity index is 2.15. The second kappa shape index (κ2) is 7.21. The van der Waals surface area contributed by atoms with Crippen LogP contribution < -0.4 is 5.32 Å². The van der Waals surface area contributed by atoms with Gasteiger partial charge in [0, 0.05) is 16.1 Å². The first kappa shape index (κ1) is 15.5.